The van der Waals surface area contributed by atoms with Crippen molar-refractivity contribution in [2.24, 2.45) is 5.41 Å². The van der Waals surface area contributed by atoms with Crippen molar-refractivity contribution in [3.63, 3.8) is 0 Å². The largest absolute Gasteiger partial charge is 0.382 e. The summed E-state index contributed by atoms with van der Waals surface area (Å²) in [5.41, 5.74) is 6.03. The predicted molar refractivity (Wildman–Crippen MR) is 72.8 cm³/mol. The third kappa shape index (κ3) is 2.29. The molecule has 98 valence electrons. The van der Waals surface area contributed by atoms with E-state index in [4.69, 9.17) is 5.73 Å². The molecule has 1 unspecified atom stereocenters. The summed E-state index contributed by atoms with van der Waals surface area (Å²) in [6.07, 6.45) is 3.39. The van der Waals surface area contributed by atoms with Gasteiger partial charge in [-0.3, -0.25) is 4.79 Å². The summed E-state index contributed by atoms with van der Waals surface area (Å²) in [6, 6.07) is 0.792. The number of hydrogen-bond acceptors (Lipinski definition) is 5. The molecule has 1 aromatic heterocycles. The normalized spacial score (nSPS) is 24.7. The van der Waals surface area contributed by atoms with Gasteiger partial charge >= 0.3 is 0 Å². The molecule has 2 saturated carbocycles. The first-order valence-electron chi connectivity index (χ1n) is 6.29. The Hall–Kier alpha value is -1.30. The molecule has 6 heteroatoms. The summed E-state index contributed by atoms with van der Waals surface area (Å²) < 4.78 is 0. The SMILES string of the molecule is CC1(C)CC1NC(=O)c1sc(NC2CC2)nc1N. The van der Waals surface area contributed by atoms with E-state index in [1.165, 1.54) is 24.2 Å². The zero-order valence-electron chi connectivity index (χ0n) is 10.6. The third-order valence-corrected chi connectivity index (χ3v) is 4.58. The van der Waals surface area contributed by atoms with Gasteiger partial charge in [-0.25, -0.2) is 4.98 Å². The molecule has 0 saturated heterocycles. The maximum Gasteiger partial charge on any atom is 0.265 e. The number of rotatable bonds is 4. The highest BCUT2D eigenvalue weighted by Crippen LogP contribution is 2.45. The van der Waals surface area contributed by atoms with Crippen molar-refractivity contribution in [3.8, 4) is 0 Å². The smallest absolute Gasteiger partial charge is 0.265 e. The number of thiazole rings is 1. The van der Waals surface area contributed by atoms with E-state index in [-0.39, 0.29) is 17.4 Å². The van der Waals surface area contributed by atoms with E-state index < -0.39 is 0 Å². The Morgan fingerprint density at radius 1 is 1.50 bits per heavy atom. The second kappa shape index (κ2) is 3.85. The van der Waals surface area contributed by atoms with E-state index in [1.807, 2.05) is 0 Å². The van der Waals surface area contributed by atoms with Gasteiger partial charge in [-0.15, -0.1) is 0 Å². The van der Waals surface area contributed by atoms with Gasteiger partial charge in [-0.05, 0) is 24.7 Å². The summed E-state index contributed by atoms with van der Waals surface area (Å²) in [5, 5.41) is 7.03. The lowest BCUT2D eigenvalue weighted by atomic mass is 10.2. The maximum atomic E-state index is 12.1. The average Bonchev–Trinajstić information content (AvgIpc) is 3.13. The summed E-state index contributed by atoms with van der Waals surface area (Å²) in [6.45, 7) is 4.29. The Bertz CT molecular complexity index is 492. The molecule has 0 radical (unpaired) electrons. The van der Waals surface area contributed by atoms with Gasteiger partial charge in [0.25, 0.3) is 5.91 Å². The van der Waals surface area contributed by atoms with Crippen LogP contribution in [0.1, 0.15) is 42.8 Å². The number of carbonyl (C=O) groups excluding carboxylic acids is 1. The van der Waals surface area contributed by atoms with Crippen molar-refractivity contribution in [1.82, 2.24) is 10.3 Å². The Morgan fingerprint density at radius 2 is 2.17 bits per heavy atom. The Kier molecular flexibility index (Phi) is 2.52. The topological polar surface area (TPSA) is 80.0 Å². The highest BCUT2D eigenvalue weighted by Gasteiger charge is 2.46. The van der Waals surface area contributed by atoms with Crippen molar-refractivity contribution < 1.29 is 4.79 Å². The summed E-state index contributed by atoms with van der Waals surface area (Å²) in [5.74, 6) is 0.239. The fourth-order valence-corrected chi connectivity index (χ4v) is 2.76. The van der Waals surface area contributed by atoms with Crippen LogP contribution >= 0.6 is 11.3 Å². The zero-order chi connectivity index (χ0) is 12.9. The van der Waals surface area contributed by atoms with E-state index in [1.54, 1.807) is 0 Å². The number of aromatic nitrogens is 1. The van der Waals surface area contributed by atoms with Gasteiger partial charge in [0, 0.05) is 12.1 Å². The molecule has 18 heavy (non-hydrogen) atoms. The van der Waals surface area contributed by atoms with Crippen LogP contribution in [0.15, 0.2) is 0 Å². The second-order valence-electron chi connectivity index (χ2n) is 5.87. The number of amides is 1. The molecule has 2 fully saturated rings. The van der Waals surface area contributed by atoms with Crippen LogP contribution in [0.3, 0.4) is 0 Å². The molecule has 5 nitrogen and oxygen atoms in total. The number of nitrogens with two attached hydrogens (primary N) is 1. The zero-order valence-corrected chi connectivity index (χ0v) is 11.4. The van der Waals surface area contributed by atoms with Crippen LogP contribution in [0.2, 0.25) is 0 Å². The molecule has 1 heterocycles. The van der Waals surface area contributed by atoms with Crippen molar-refractivity contribution in [2.45, 2.75) is 45.2 Å². The van der Waals surface area contributed by atoms with Crippen molar-refractivity contribution in [3.05, 3.63) is 4.88 Å². The van der Waals surface area contributed by atoms with Crippen LogP contribution in [0.5, 0.6) is 0 Å². The molecule has 0 aliphatic heterocycles. The van der Waals surface area contributed by atoms with Gasteiger partial charge in [0.1, 0.15) is 10.7 Å². The number of carbonyl (C=O) groups is 1. The molecular formula is C12H18N4OS. The van der Waals surface area contributed by atoms with E-state index in [0.717, 1.165) is 11.6 Å². The minimum atomic E-state index is -0.0931. The van der Waals surface area contributed by atoms with Crippen LogP contribution in [0, 0.1) is 5.41 Å². The molecule has 2 aliphatic rings. The minimum Gasteiger partial charge on any atom is -0.382 e. The number of hydrogen-bond donors (Lipinski definition) is 3. The first-order chi connectivity index (χ1) is 8.45. The maximum absolute atomic E-state index is 12.1. The van der Waals surface area contributed by atoms with Crippen LogP contribution < -0.4 is 16.4 Å². The summed E-state index contributed by atoms with van der Waals surface area (Å²) in [4.78, 5) is 16.8. The first kappa shape index (κ1) is 11.8. The van der Waals surface area contributed by atoms with Gasteiger partial charge in [0.05, 0.1) is 0 Å². The number of nitrogen functional groups attached to an aromatic ring is 1. The number of nitrogens with one attached hydrogen (secondary N) is 2. The quantitative estimate of drug-likeness (QED) is 0.776. The molecule has 4 N–H and O–H groups in total. The van der Waals surface area contributed by atoms with Crippen molar-refractivity contribution in [1.29, 1.82) is 0 Å². The Labute approximate surface area is 110 Å². The van der Waals surface area contributed by atoms with Crippen molar-refractivity contribution >= 4 is 28.2 Å². The molecule has 2 aliphatic carbocycles. The Balaban J connectivity index is 1.67. The number of nitrogens with zero attached hydrogens (tertiary/aromatic N) is 1. The lowest BCUT2D eigenvalue weighted by Crippen LogP contribution is -2.28. The summed E-state index contributed by atoms with van der Waals surface area (Å²) >= 11 is 1.35. The van der Waals surface area contributed by atoms with Gasteiger partial charge in [0.15, 0.2) is 5.13 Å². The van der Waals surface area contributed by atoms with E-state index in [2.05, 4.69) is 29.5 Å². The number of anilines is 2. The molecule has 0 aromatic carbocycles. The second-order valence-corrected chi connectivity index (χ2v) is 6.87. The van der Waals surface area contributed by atoms with Gasteiger partial charge in [-0.2, -0.15) is 0 Å². The minimum absolute atomic E-state index is 0.0931. The van der Waals surface area contributed by atoms with E-state index in [0.29, 0.717) is 16.7 Å². The average molecular weight is 266 g/mol. The molecule has 1 atom stereocenters. The fourth-order valence-electron chi connectivity index (χ4n) is 1.90. The standard InChI is InChI=1S/C12H18N4OS/c1-12(2)5-7(12)15-10(17)8-9(13)16-11(18-8)14-6-3-4-6/h6-7H,3-5,13H2,1-2H3,(H,14,16)(H,15,17). The third-order valence-electron chi connectivity index (χ3n) is 3.58. The van der Waals surface area contributed by atoms with Crippen LogP contribution in [-0.2, 0) is 0 Å². The molecular weight excluding hydrogens is 248 g/mol. The lowest BCUT2D eigenvalue weighted by molar-refractivity contribution is 0.0951. The molecule has 0 bridgehead atoms. The lowest BCUT2D eigenvalue weighted by Gasteiger charge is -2.05. The fraction of sp³-hybridized carbons (Fsp3) is 0.667. The predicted octanol–water partition coefficient (Wildman–Crippen LogP) is 1.83. The molecule has 3 rings (SSSR count). The molecule has 1 aromatic rings. The van der Waals surface area contributed by atoms with E-state index >= 15 is 0 Å². The Morgan fingerprint density at radius 3 is 2.72 bits per heavy atom. The van der Waals surface area contributed by atoms with Gasteiger partial charge < -0.3 is 16.4 Å². The van der Waals surface area contributed by atoms with Crippen LogP contribution in [0.4, 0.5) is 10.9 Å². The summed E-state index contributed by atoms with van der Waals surface area (Å²) in [7, 11) is 0. The van der Waals surface area contributed by atoms with Gasteiger partial charge in [-0.1, -0.05) is 25.2 Å². The van der Waals surface area contributed by atoms with Crippen LogP contribution in [-0.4, -0.2) is 23.0 Å². The first-order valence-corrected chi connectivity index (χ1v) is 7.11. The van der Waals surface area contributed by atoms with Crippen LogP contribution in [0.25, 0.3) is 0 Å². The van der Waals surface area contributed by atoms with E-state index in [9.17, 15) is 4.79 Å². The van der Waals surface area contributed by atoms with Crippen molar-refractivity contribution in [2.75, 3.05) is 11.1 Å². The molecule has 1 amide bonds. The highest BCUT2D eigenvalue weighted by molar-refractivity contribution is 7.18. The molecule has 0 spiro atoms. The van der Waals surface area contributed by atoms with Gasteiger partial charge in [0.2, 0.25) is 0 Å². The highest BCUT2D eigenvalue weighted by atomic mass is 32.1. The monoisotopic (exact) mass is 266 g/mol.